The van der Waals surface area contributed by atoms with E-state index in [-0.39, 0.29) is 6.54 Å². The van der Waals surface area contributed by atoms with Crippen molar-refractivity contribution in [1.29, 1.82) is 0 Å². The lowest BCUT2D eigenvalue weighted by atomic mass is 10.2. The van der Waals surface area contributed by atoms with Crippen LogP contribution >= 0.6 is 0 Å². The Morgan fingerprint density at radius 1 is 1.43 bits per heavy atom. The summed E-state index contributed by atoms with van der Waals surface area (Å²) in [6.45, 7) is 6.95. The van der Waals surface area contributed by atoms with Gasteiger partial charge in [0.05, 0.1) is 6.54 Å². The van der Waals surface area contributed by atoms with Gasteiger partial charge in [-0.05, 0) is 27.7 Å². The number of carboxylic acids is 1. The number of nitrogens with zero attached hydrogens (tertiary/aromatic N) is 1. The first-order valence-electron chi connectivity index (χ1n) is 4.41. The van der Waals surface area contributed by atoms with Gasteiger partial charge in [0.2, 0.25) is 0 Å². The molecule has 1 fully saturated rings. The van der Waals surface area contributed by atoms with Gasteiger partial charge in [0, 0.05) is 0 Å². The molecule has 0 bridgehead atoms. The molecule has 1 aliphatic rings. The summed E-state index contributed by atoms with van der Waals surface area (Å²) < 4.78 is 5.03. The fourth-order valence-electron chi connectivity index (χ4n) is 1.04. The van der Waals surface area contributed by atoms with Crippen molar-refractivity contribution in [3.63, 3.8) is 0 Å². The van der Waals surface area contributed by atoms with E-state index in [9.17, 15) is 9.59 Å². The van der Waals surface area contributed by atoms with Gasteiger partial charge in [-0.15, -0.1) is 0 Å². The van der Waals surface area contributed by atoms with Crippen LogP contribution in [0.5, 0.6) is 0 Å². The van der Waals surface area contributed by atoms with Gasteiger partial charge in [-0.3, -0.25) is 4.90 Å². The summed E-state index contributed by atoms with van der Waals surface area (Å²) >= 11 is 0. The van der Waals surface area contributed by atoms with Crippen LogP contribution in [0.1, 0.15) is 27.7 Å². The summed E-state index contributed by atoms with van der Waals surface area (Å²) in [7, 11) is 0. The van der Waals surface area contributed by atoms with Gasteiger partial charge in [0.25, 0.3) is 0 Å². The summed E-state index contributed by atoms with van der Waals surface area (Å²) in [5.74, 6) is -0.997. The number of aliphatic carboxylic acids is 1. The maximum absolute atomic E-state index is 11.4. The highest BCUT2D eigenvalue weighted by Gasteiger charge is 2.58. The molecule has 0 radical (unpaired) electrons. The van der Waals surface area contributed by atoms with Gasteiger partial charge >= 0.3 is 12.1 Å². The molecule has 1 heterocycles. The number of hydrogen-bond acceptors (Lipinski definition) is 3. The topological polar surface area (TPSA) is 66.6 Å². The van der Waals surface area contributed by atoms with E-state index in [1.807, 2.05) is 0 Å². The van der Waals surface area contributed by atoms with Crippen LogP contribution in [0.25, 0.3) is 0 Å². The monoisotopic (exact) mass is 201 g/mol. The summed E-state index contributed by atoms with van der Waals surface area (Å²) in [5.41, 5.74) is -1.65. The van der Waals surface area contributed by atoms with Gasteiger partial charge in [-0.2, -0.15) is 0 Å². The van der Waals surface area contributed by atoms with Gasteiger partial charge in [-0.25, -0.2) is 9.59 Å². The van der Waals surface area contributed by atoms with Crippen molar-refractivity contribution >= 4 is 12.1 Å². The first-order chi connectivity index (χ1) is 6.17. The molecule has 1 aliphatic heterocycles. The van der Waals surface area contributed by atoms with Crippen LogP contribution in [0.2, 0.25) is 0 Å². The zero-order valence-corrected chi connectivity index (χ0v) is 8.83. The van der Waals surface area contributed by atoms with Gasteiger partial charge in [0.15, 0.2) is 5.54 Å². The summed E-state index contributed by atoms with van der Waals surface area (Å²) in [5, 5.41) is 8.78. The van der Waals surface area contributed by atoms with Crippen molar-refractivity contribution in [3.8, 4) is 0 Å². The highest BCUT2D eigenvalue weighted by molar-refractivity contribution is 5.90. The zero-order valence-electron chi connectivity index (χ0n) is 8.83. The average molecular weight is 201 g/mol. The molecule has 0 spiro atoms. The molecule has 0 aromatic heterocycles. The number of carboxylic acid groups (broad SMARTS) is 1. The van der Waals surface area contributed by atoms with E-state index in [1.165, 1.54) is 11.8 Å². The Labute approximate surface area is 82.6 Å². The third-order valence-electron chi connectivity index (χ3n) is 2.03. The first-order valence-corrected chi connectivity index (χ1v) is 4.41. The Morgan fingerprint density at radius 2 is 1.93 bits per heavy atom. The van der Waals surface area contributed by atoms with E-state index in [2.05, 4.69) is 0 Å². The van der Waals surface area contributed by atoms with Crippen molar-refractivity contribution in [3.05, 3.63) is 0 Å². The second-order valence-corrected chi connectivity index (χ2v) is 4.65. The van der Waals surface area contributed by atoms with Crippen LogP contribution in [0.4, 0.5) is 4.79 Å². The lowest BCUT2D eigenvalue weighted by Crippen LogP contribution is -2.33. The molecule has 0 saturated carbocycles. The van der Waals surface area contributed by atoms with E-state index < -0.39 is 23.2 Å². The molecule has 0 aliphatic carbocycles. The number of carbonyl (C=O) groups is 2. The Bertz CT molecular complexity index is 281. The van der Waals surface area contributed by atoms with Crippen LogP contribution < -0.4 is 0 Å². The molecule has 1 unspecified atom stereocenters. The molecule has 5 nitrogen and oxygen atoms in total. The van der Waals surface area contributed by atoms with E-state index in [0.717, 1.165) is 0 Å². The third kappa shape index (κ3) is 1.97. The largest absolute Gasteiger partial charge is 0.479 e. The van der Waals surface area contributed by atoms with Gasteiger partial charge in [0.1, 0.15) is 5.60 Å². The van der Waals surface area contributed by atoms with Crippen molar-refractivity contribution in [1.82, 2.24) is 4.90 Å². The molecule has 1 atom stereocenters. The maximum Gasteiger partial charge on any atom is 0.411 e. The first kappa shape index (κ1) is 10.8. The zero-order chi connectivity index (χ0) is 11.1. The summed E-state index contributed by atoms with van der Waals surface area (Å²) in [6.07, 6.45) is -0.567. The molecule has 1 N–H and O–H groups in total. The second kappa shape index (κ2) is 2.87. The molecule has 0 aromatic rings. The minimum Gasteiger partial charge on any atom is -0.479 e. The van der Waals surface area contributed by atoms with Crippen molar-refractivity contribution in [2.75, 3.05) is 6.54 Å². The van der Waals surface area contributed by atoms with Crippen molar-refractivity contribution < 1.29 is 19.4 Å². The minimum absolute atomic E-state index is 0.219. The number of ether oxygens (including phenoxy) is 1. The molecular formula is C9H15NO4. The SMILES string of the molecule is CC(C)(C)OC(=O)N1CC1(C)C(=O)O. The van der Waals surface area contributed by atoms with Crippen LogP contribution in [0.3, 0.4) is 0 Å². The summed E-state index contributed by atoms with van der Waals surface area (Å²) in [4.78, 5) is 23.3. The Morgan fingerprint density at radius 3 is 2.21 bits per heavy atom. The Hall–Kier alpha value is -1.26. The number of carbonyl (C=O) groups excluding carboxylic acids is 1. The standard InChI is InChI=1S/C9H15NO4/c1-8(2,3)14-7(13)10-5-9(10,4)6(11)12/h5H2,1-4H3,(H,11,12). The lowest BCUT2D eigenvalue weighted by molar-refractivity contribution is -0.140. The van der Waals surface area contributed by atoms with Crippen molar-refractivity contribution in [2.45, 2.75) is 38.8 Å². The molecular weight excluding hydrogens is 186 g/mol. The number of amides is 1. The fourth-order valence-corrected chi connectivity index (χ4v) is 1.04. The lowest BCUT2D eigenvalue weighted by Gasteiger charge is -2.20. The summed E-state index contributed by atoms with van der Waals surface area (Å²) in [6, 6.07) is 0. The molecule has 1 rings (SSSR count). The van der Waals surface area contributed by atoms with Gasteiger partial charge < -0.3 is 9.84 Å². The van der Waals surface area contributed by atoms with Crippen LogP contribution in [0, 0.1) is 0 Å². The minimum atomic E-state index is -1.07. The predicted octanol–water partition coefficient (Wildman–Crippen LogP) is 1.08. The predicted molar refractivity (Wildman–Crippen MR) is 49.0 cm³/mol. The maximum atomic E-state index is 11.4. The molecule has 14 heavy (non-hydrogen) atoms. The van der Waals surface area contributed by atoms with E-state index in [4.69, 9.17) is 9.84 Å². The van der Waals surface area contributed by atoms with E-state index in [0.29, 0.717) is 0 Å². The third-order valence-corrected chi connectivity index (χ3v) is 2.03. The van der Waals surface area contributed by atoms with Crippen LogP contribution in [-0.2, 0) is 9.53 Å². The highest BCUT2D eigenvalue weighted by Crippen LogP contribution is 2.33. The van der Waals surface area contributed by atoms with E-state index in [1.54, 1.807) is 20.8 Å². The molecule has 1 saturated heterocycles. The molecule has 1 amide bonds. The Kier molecular flexibility index (Phi) is 2.21. The second-order valence-electron chi connectivity index (χ2n) is 4.65. The quantitative estimate of drug-likeness (QED) is 0.644. The van der Waals surface area contributed by atoms with Gasteiger partial charge in [-0.1, -0.05) is 0 Å². The number of hydrogen-bond donors (Lipinski definition) is 1. The van der Waals surface area contributed by atoms with Crippen LogP contribution in [0.15, 0.2) is 0 Å². The number of rotatable bonds is 1. The molecule has 0 aromatic carbocycles. The highest BCUT2D eigenvalue weighted by atomic mass is 16.6. The normalized spacial score (nSPS) is 25.9. The Balaban J connectivity index is 2.56. The smallest absolute Gasteiger partial charge is 0.411 e. The molecule has 80 valence electrons. The molecule has 5 heteroatoms. The van der Waals surface area contributed by atoms with E-state index >= 15 is 0 Å². The fraction of sp³-hybridized carbons (Fsp3) is 0.778. The van der Waals surface area contributed by atoms with Crippen LogP contribution in [-0.4, -0.2) is 39.8 Å². The van der Waals surface area contributed by atoms with Crippen molar-refractivity contribution in [2.24, 2.45) is 0 Å². The average Bonchev–Trinajstić information content (AvgIpc) is 2.60.